The molecule has 0 saturated carbocycles. The number of Topliss-reactive ketones (excluding diaryl/α,β-unsaturated/α-hetero) is 2. The third-order valence-corrected chi connectivity index (χ3v) is 3.48. The Bertz CT molecular complexity index is 536. The molecule has 5 heteroatoms. The first kappa shape index (κ1) is 18.9. The Labute approximate surface area is 136 Å². The number of para-hydroxylation sites is 1. The third-order valence-electron chi connectivity index (χ3n) is 3.48. The fourth-order valence-electron chi connectivity index (χ4n) is 2.15. The highest BCUT2D eigenvalue weighted by atomic mass is 16.5. The second-order valence-corrected chi connectivity index (χ2v) is 5.44. The van der Waals surface area contributed by atoms with Crippen LogP contribution in [0, 0.1) is 0 Å². The number of unbranched alkanes of at least 4 members (excludes halogenated alkanes) is 5. The van der Waals surface area contributed by atoms with E-state index in [1.165, 1.54) is 31.4 Å². The number of carbonyl (C=O) groups is 3. The van der Waals surface area contributed by atoms with Gasteiger partial charge in [0.25, 0.3) is 0 Å². The molecule has 0 atom stereocenters. The van der Waals surface area contributed by atoms with Gasteiger partial charge in [0.15, 0.2) is 5.78 Å². The Morgan fingerprint density at radius 1 is 1.00 bits per heavy atom. The van der Waals surface area contributed by atoms with E-state index in [1.807, 2.05) is 0 Å². The second-order valence-electron chi connectivity index (χ2n) is 5.44. The van der Waals surface area contributed by atoms with Crippen LogP contribution in [0.15, 0.2) is 24.3 Å². The molecular formula is C18H24O5. The molecule has 1 aromatic rings. The van der Waals surface area contributed by atoms with Crippen LogP contribution in [0.25, 0.3) is 0 Å². The molecule has 0 spiro atoms. The number of carbonyl (C=O) groups excluding carboxylic acids is 3. The number of phenolic OH excluding ortho intramolecular Hbond substituents is 1. The Kier molecular flexibility index (Phi) is 8.65. The van der Waals surface area contributed by atoms with Crippen LogP contribution in [0.5, 0.6) is 5.75 Å². The summed E-state index contributed by atoms with van der Waals surface area (Å²) in [6.45, 7) is 2.34. The van der Waals surface area contributed by atoms with Gasteiger partial charge in [-0.1, -0.05) is 51.2 Å². The molecule has 0 radical (unpaired) electrons. The minimum absolute atomic E-state index is 0.0320. The van der Waals surface area contributed by atoms with Crippen LogP contribution in [-0.4, -0.2) is 29.2 Å². The molecule has 0 fully saturated rings. The SMILES string of the molecule is CCCCCCCCOC(=O)C(=O)CC(=O)c1ccccc1O. The van der Waals surface area contributed by atoms with E-state index in [2.05, 4.69) is 6.92 Å². The lowest BCUT2D eigenvalue weighted by molar-refractivity contribution is -0.153. The number of hydrogen-bond donors (Lipinski definition) is 1. The van der Waals surface area contributed by atoms with Gasteiger partial charge in [-0.3, -0.25) is 9.59 Å². The van der Waals surface area contributed by atoms with Crippen molar-refractivity contribution in [2.45, 2.75) is 51.9 Å². The second kappa shape index (κ2) is 10.5. The molecule has 5 nitrogen and oxygen atoms in total. The molecule has 0 saturated heterocycles. The molecule has 1 rings (SSSR count). The first-order valence-corrected chi connectivity index (χ1v) is 8.07. The van der Waals surface area contributed by atoms with E-state index >= 15 is 0 Å². The zero-order chi connectivity index (χ0) is 17.1. The molecule has 126 valence electrons. The van der Waals surface area contributed by atoms with E-state index in [9.17, 15) is 19.5 Å². The van der Waals surface area contributed by atoms with Crippen molar-refractivity contribution in [3.63, 3.8) is 0 Å². The highest BCUT2D eigenvalue weighted by Crippen LogP contribution is 2.17. The van der Waals surface area contributed by atoms with Crippen LogP contribution < -0.4 is 0 Å². The van der Waals surface area contributed by atoms with Gasteiger partial charge in [0.2, 0.25) is 5.78 Å². The van der Waals surface area contributed by atoms with E-state index in [0.29, 0.717) is 0 Å². The monoisotopic (exact) mass is 320 g/mol. The van der Waals surface area contributed by atoms with E-state index in [-0.39, 0.29) is 17.9 Å². The Balaban J connectivity index is 2.28. The van der Waals surface area contributed by atoms with Gasteiger partial charge in [-0.25, -0.2) is 4.79 Å². The third kappa shape index (κ3) is 7.08. The summed E-state index contributed by atoms with van der Waals surface area (Å²) in [6.07, 6.45) is 5.71. The topological polar surface area (TPSA) is 80.7 Å². The van der Waals surface area contributed by atoms with Gasteiger partial charge in [-0.05, 0) is 18.6 Å². The van der Waals surface area contributed by atoms with Crippen molar-refractivity contribution in [1.29, 1.82) is 0 Å². The van der Waals surface area contributed by atoms with Gasteiger partial charge < -0.3 is 9.84 Å². The summed E-state index contributed by atoms with van der Waals surface area (Å²) < 4.78 is 4.87. The van der Waals surface area contributed by atoms with Crippen molar-refractivity contribution in [2.24, 2.45) is 0 Å². The summed E-state index contributed by atoms with van der Waals surface area (Å²) in [6, 6.07) is 5.91. The number of ketones is 2. The van der Waals surface area contributed by atoms with Crippen LogP contribution in [0.4, 0.5) is 0 Å². The zero-order valence-corrected chi connectivity index (χ0v) is 13.5. The maximum atomic E-state index is 11.9. The maximum Gasteiger partial charge on any atom is 0.375 e. The number of benzene rings is 1. The van der Waals surface area contributed by atoms with Crippen molar-refractivity contribution in [2.75, 3.05) is 6.61 Å². The number of ether oxygens (including phenoxy) is 1. The minimum Gasteiger partial charge on any atom is -0.507 e. The number of hydrogen-bond acceptors (Lipinski definition) is 5. The van der Waals surface area contributed by atoms with Crippen LogP contribution in [0.1, 0.15) is 62.2 Å². The average molecular weight is 320 g/mol. The molecule has 23 heavy (non-hydrogen) atoms. The van der Waals surface area contributed by atoms with Gasteiger partial charge >= 0.3 is 5.97 Å². The van der Waals surface area contributed by atoms with E-state index in [0.717, 1.165) is 19.3 Å². The Morgan fingerprint density at radius 3 is 2.35 bits per heavy atom. The fraction of sp³-hybridized carbons (Fsp3) is 0.500. The lowest BCUT2D eigenvalue weighted by Gasteiger charge is -2.05. The van der Waals surface area contributed by atoms with Crippen LogP contribution >= 0.6 is 0 Å². The van der Waals surface area contributed by atoms with E-state index < -0.39 is 24.0 Å². The van der Waals surface area contributed by atoms with Crippen molar-refractivity contribution in [3.8, 4) is 5.75 Å². The molecule has 0 aromatic heterocycles. The molecule has 0 unspecified atom stereocenters. The normalized spacial score (nSPS) is 10.3. The first-order valence-electron chi connectivity index (χ1n) is 8.07. The highest BCUT2D eigenvalue weighted by molar-refractivity contribution is 6.38. The molecule has 0 bridgehead atoms. The predicted molar refractivity (Wildman–Crippen MR) is 86.4 cm³/mol. The average Bonchev–Trinajstić information content (AvgIpc) is 2.54. The smallest absolute Gasteiger partial charge is 0.375 e. The summed E-state index contributed by atoms with van der Waals surface area (Å²) >= 11 is 0. The Hall–Kier alpha value is -2.17. The maximum absolute atomic E-state index is 11.9. The van der Waals surface area contributed by atoms with Crippen LogP contribution in [-0.2, 0) is 14.3 Å². The van der Waals surface area contributed by atoms with E-state index in [4.69, 9.17) is 4.74 Å². The van der Waals surface area contributed by atoms with Crippen molar-refractivity contribution in [1.82, 2.24) is 0 Å². The largest absolute Gasteiger partial charge is 0.507 e. The molecule has 0 aliphatic rings. The molecule has 0 aliphatic carbocycles. The fourth-order valence-corrected chi connectivity index (χ4v) is 2.15. The van der Waals surface area contributed by atoms with Gasteiger partial charge in [-0.15, -0.1) is 0 Å². The quantitative estimate of drug-likeness (QED) is 0.222. The van der Waals surface area contributed by atoms with Crippen LogP contribution in [0.3, 0.4) is 0 Å². The molecular weight excluding hydrogens is 296 g/mol. The summed E-state index contributed by atoms with van der Waals surface area (Å²) in [4.78, 5) is 35.1. The van der Waals surface area contributed by atoms with Gasteiger partial charge in [-0.2, -0.15) is 0 Å². The van der Waals surface area contributed by atoms with Gasteiger partial charge in [0.05, 0.1) is 18.6 Å². The summed E-state index contributed by atoms with van der Waals surface area (Å²) in [7, 11) is 0. The summed E-state index contributed by atoms with van der Waals surface area (Å²) in [5.41, 5.74) is 0.0320. The first-order chi connectivity index (χ1) is 11.1. The van der Waals surface area contributed by atoms with Crippen LogP contribution in [0.2, 0.25) is 0 Å². The molecule has 0 heterocycles. The number of phenols is 1. The van der Waals surface area contributed by atoms with Crippen molar-refractivity contribution >= 4 is 17.5 Å². The number of esters is 1. The molecule has 1 N–H and O–H groups in total. The summed E-state index contributed by atoms with van der Waals surface area (Å²) in [5.74, 6) is -2.66. The predicted octanol–water partition coefficient (Wildman–Crippen LogP) is 3.44. The lowest BCUT2D eigenvalue weighted by Crippen LogP contribution is -2.21. The van der Waals surface area contributed by atoms with Crippen molar-refractivity contribution in [3.05, 3.63) is 29.8 Å². The minimum atomic E-state index is -0.984. The summed E-state index contributed by atoms with van der Waals surface area (Å²) in [5, 5.41) is 9.55. The molecule has 0 amide bonds. The number of rotatable bonds is 11. The lowest BCUT2D eigenvalue weighted by atomic mass is 10.1. The molecule has 0 aliphatic heterocycles. The van der Waals surface area contributed by atoms with Gasteiger partial charge in [0.1, 0.15) is 5.75 Å². The van der Waals surface area contributed by atoms with Gasteiger partial charge in [0, 0.05) is 0 Å². The Morgan fingerprint density at radius 2 is 1.65 bits per heavy atom. The van der Waals surface area contributed by atoms with E-state index in [1.54, 1.807) is 12.1 Å². The zero-order valence-electron chi connectivity index (χ0n) is 13.5. The molecule has 1 aromatic carbocycles. The standard InChI is InChI=1S/C18H24O5/c1-2-3-4-5-6-9-12-23-18(22)17(21)13-16(20)14-10-7-8-11-15(14)19/h7-8,10-11,19H,2-6,9,12-13H2,1H3. The highest BCUT2D eigenvalue weighted by Gasteiger charge is 2.21. The number of aromatic hydroxyl groups is 1. The van der Waals surface area contributed by atoms with Crippen molar-refractivity contribution < 1.29 is 24.2 Å².